The fourth-order valence-corrected chi connectivity index (χ4v) is 1.98. The molecule has 0 bridgehead atoms. The Kier molecular flexibility index (Phi) is 2.89. The summed E-state index contributed by atoms with van der Waals surface area (Å²) in [6.45, 7) is 0. The van der Waals surface area contributed by atoms with Crippen molar-refractivity contribution in [1.82, 2.24) is 0 Å². The van der Waals surface area contributed by atoms with E-state index in [1.54, 1.807) is 0 Å². The summed E-state index contributed by atoms with van der Waals surface area (Å²) in [4.78, 5) is 0. The topological polar surface area (TPSA) is 3.88 Å². The Labute approximate surface area is 107 Å². The molecule has 1 aromatic heterocycles. The van der Waals surface area contributed by atoms with Crippen molar-refractivity contribution in [3.63, 3.8) is 0 Å². The van der Waals surface area contributed by atoms with Crippen molar-refractivity contribution in [2.45, 2.75) is 0 Å². The van der Waals surface area contributed by atoms with Crippen LogP contribution < -0.4 is 4.57 Å². The molecule has 0 aliphatic heterocycles. The van der Waals surface area contributed by atoms with Crippen molar-refractivity contribution in [1.29, 1.82) is 0 Å². The maximum Gasteiger partial charge on any atom is 0.152 e. The van der Waals surface area contributed by atoms with E-state index in [9.17, 15) is 0 Å². The Morgan fingerprint density at radius 3 is 2.33 bits per heavy atom. The number of aromatic nitrogens is 1. The minimum Gasteiger partial charge on any atom is -0.285 e. The van der Waals surface area contributed by atoms with Crippen molar-refractivity contribution in [2.24, 2.45) is 0 Å². The van der Waals surface area contributed by atoms with Crippen LogP contribution in [0.3, 0.4) is 0 Å². The molecule has 86 valence electrons. The fraction of sp³-hybridized carbons (Fsp3) is 0. The molecule has 0 unspecified atom stereocenters. The first-order chi connectivity index (χ1) is 8.93. The molecule has 0 saturated carbocycles. The van der Waals surface area contributed by atoms with Crippen LogP contribution in [0.15, 0.2) is 79.0 Å². The fourth-order valence-electron chi connectivity index (χ4n) is 1.98. The lowest BCUT2D eigenvalue weighted by Crippen LogP contribution is -2.29. The predicted molar refractivity (Wildman–Crippen MR) is 72.2 cm³/mol. The molecule has 0 fully saturated rings. The second kappa shape index (κ2) is 4.84. The number of hydrogen-bond donors (Lipinski definition) is 0. The monoisotopic (exact) mass is 231 g/mol. The third-order valence-corrected chi connectivity index (χ3v) is 2.89. The second-order valence-electron chi connectivity index (χ2n) is 4.12. The van der Waals surface area contributed by atoms with Crippen molar-refractivity contribution >= 4 is 0 Å². The van der Waals surface area contributed by atoms with Gasteiger partial charge in [0.15, 0.2) is 6.20 Å². The van der Waals surface area contributed by atoms with Gasteiger partial charge in [-0.15, -0.1) is 6.07 Å². The van der Waals surface area contributed by atoms with Crippen molar-refractivity contribution < 1.29 is 4.57 Å². The molecule has 2 aromatic carbocycles. The van der Waals surface area contributed by atoms with Crippen LogP contribution in [0.5, 0.6) is 0 Å². The number of hydrogen-bond acceptors (Lipinski definition) is 0. The van der Waals surface area contributed by atoms with Crippen molar-refractivity contribution in [3.05, 3.63) is 85.2 Å². The molecule has 18 heavy (non-hydrogen) atoms. The number of benzene rings is 2. The van der Waals surface area contributed by atoms with E-state index in [1.807, 2.05) is 35.0 Å². The van der Waals surface area contributed by atoms with E-state index in [0.29, 0.717) is 0 Å². The molecule has 0 N–H and O–H groups in total. The van der Waals surface area contributed by atoms with Gasteiger partial charge in [-0.3, -0.25) is 4.57 Å². The van der Waals surface area contributed by atoms with Gasteiger partial charge in [0.1, 0.15) is 5.69 Å². The smallest absolute Gasteiger partial charge is 0.152 e. The van der Waals surface area contributed by atoms with Gasteiger partial charge in [-0.1, -0.05) is 54.6 Å². The van der Waals surface area contributed by atoms with Gasteiger partial charge >= 0.3 is 0 Å². The number of pyridine rings is 1. The maximum atomic E-state index is 3.18. The average molecular weight is 231 g/mol. The minimum atomic E-state index is 1.12. The molecule has 0 amide bonds. The van der Waals surface area contributed by atoms with Crippen LogP contribution in [0.1, 0.15) is 0 Å². The second-order valence-corrected chi connectivity index (χ2v) is 4.12. The number of nitrogens with zero attached hydrogens (tertiary/aromatic N) is 1. The normalized spacial score (nSPS) is 10.2. The molecule has 1 nitrogen and oxygen atoms in total. The summed E-state index contributed by atoms with van der Waals surface area (Å²) in [5.41, 5.74) is 3.57. The summed E-state index contributed by atoms with van der Waals surface area (Å²) in [6.07, 6.45) is 5.18. The summed E-state index contributed by atoms with van der Waals surface area (Å²) in [5, 5.41) is 0. The molecule has 0 radical (unpaired) electrons. The van der Waals surface area contributed by atoms with E-state index < -0.39 is 0 Å². The Morgan fingerprint density at radius 1 is 0.722 bits per heavy atom. The van der Waals surface area contributed by atoms with E-state index >= 15 is 0 Å². The SMILES string of the molecule is [c-]1cccc[n+]1-c1cccc(-c2ccccc2)c1. The first kappa shape index (κ1) is 10.7. The van der Waals surface area contributed by atoms with Crippen LogP contribution in [-0.2, 0) is 0 Å². The zero-order valence-corrected chi connectivity index (χ0v) is 9.95. The van der Waals surface area contributed by atoms with E-state index in [2.05, 4.69) is 54.7 Å². The lowest BCUT2D eigenvalue weighted by atomic mass is 10.1. The van der Waals surface area contributed by atoms with Crippen LogP contribution in [0.2, 0.25) is 0 Å². The minimum absolute atomic E-state index is 1.12. The van der Waals surface area contributed by atoms with Gasteiger partial charge in [0.25, 0.3) is 0 Å². The lowest BCUT2D eigenvalue weighted by Gasteiger charge is -2.05. The van der Waals surface area contributed by atoms with Crippen LogP contribution >= 0.6 is 0 Å². The summed E-state index contributed by atoms with van der Waals surface area (Å²) >= 11 is 0. The summed E-state index contributed by atoms with van der Waals surface area (Å²) < 4.78 is 1.99. The van der Waals surface area contributed by atoms with Crippen molar-refractivity contribution in [2.75, 3.05) is 0 Å². The van der Waals surface area contributed by atoms with E-state index in [1.165, 1.54) is 11.1 Å². The highest BCUT2D eigenvalue weighted by Crippen LogP contribution is 2.19. The van der Waals surface area contributed by atoms with Crippen molar-refractivity contribution in [3.8, 4) is 16.8 Å². The zero-order chi connectivity index (χ0) is 12.2. The average Bonchev–Trinajstić information content (AvgIpc) is 2.49. The maximum absolute atomic E-state index is 3.18. The quantitative estimate of drug-likeness (QED) is 0.470. The molecule has 0 aliphatic rings. The predicted octanol–water partition coefficient (Wildman–Crippen LogP) is 3.43. The molecule has 1 heterocycles. The lowest BCUT2D eigenvalue weighted by molar-refractivity contribution is -0.600. The van der Waals surface area contributed by atoms with E-state index in [4.69, 9.17) is 0 Å². The third kappa shape index (κ3) is 2.16. The summed E-state index contributed by atoms with van der Waals surface area (Å²) in [7, 11) is 0. The third-order valence-electron chi connectivity index (χ3n) is 2.89. The molecular weight excluding hydrogens is 218 g/mol. The van der Waals surface area contributed by atoms with Gasteiger partial charge in [0, 0.05) is 0 Å². The van der Waals surface area contributed by atoms with Crippen LogP contribution in [0, 0.1) is 6.20 Å². The van der Waals surface area contributed by atoms with Gasteiger partial charge in [0.05, 0.1) is 6.20 Å². The van der Waals surface area contributed by atoms with Gasteiger partial charge in [-0.25, -0.2) is 0 Å². The molecule has 3 aromatic rings. The van der Waals surface area contributed by atoms with Crippen LogP contribution in [0.4, 0.5) is 0 Å². The van der Waals surface area contributed by atoms with Gasteiger partial charge in [0.2, 0.25) is 0 Å². The highest BCUT2D eigenvalue weighted by Gasteiger charge is 2.01. The Balaban J connectivity index is 2.05. The first-order valence-electron chi connectivity index (χ1n) is 5.98. The molecule has 0 spiro atoms. The van der Waals surface area contributed by atoms with Crippen LogP contribution in [0.25, 0.3) is 16.8 Å². The molecule has 0 aliphatic carbocycles. The van der Waals surface area contributed by atoms with Gasteiger partial charge in [-0.05, 0) is 23.3 Å². The van der Waals surface area contributed by atoms with Crippen LogP contribution in [-0.4, -0.2) is 0 Å². The van der Waals surface area contributed by atoms with Gasteiger partial charge < -0.3 is 0 Å². The molecule has 0 saturated heterocycles. The standard InChI is InChI=1S/C17H13N/c1-3-8-15(9-4-1)16-10-7-11-17(14-16)18-12-5-2-6-13-18/h1-12,14H. The zero-order valence-electron chi connectivity index (χ0n) is 9.95. The Hall–Kier alpha value is -2.41. The highest BCUT2D eigenvalue weighted by atomic mass is 14.9. The Morgan fingerprint density at radius 2 is 1.56 bits per heavy atom. The van der Waals surface area contributed by atoms with E-state index in [0.717, 1.165) is 5.69 Å². The largest absolute Gasteiger partial charge is 0.285 e. The Bertz CT molecular complexity index is 575. The van der Waals surface area contributed by atoms with Gasteiger partial charge in [-0.2, -0.15) is 0 Å². The first-order valence-corrected chi connectivity index (χ1v) is 5.98. The highest BCUT2D eigenvalue weighted by molar-refractivity contribution is 5.64. The van der Waals surface area contributed by atoms with E-state index in [-0.39, 0.29) is 0 Å². The molecular formula is C17H13N. The summed E-state index contributed by atoms with van der Waals surface area (Å²) in [5.74, 6) is 0. The molecule has 1 heteroatoms. The molecule has 3 rings (SSSR count). The number of rotatable bonds is 2. The molecule has 0 atom stereocenters. The summed E-state index contributed by atoms with van der Waals surface area (Å²) in [6, 6.07) is 24.7.